The quantitative estimate of drug-likeness (QED) is 0.748. The maximum atomic E-state index is 5.59. The molecule has 0 radical (unpaired) electrons. The summed E-state index contributed by atoms with van der Waals surface area (Å²) in [5.74, 6) is 0. The van der Waals surface area contributed by atoms with E-state index in [0.29, 0.717) is 6.04 Å². The van der Waals surface area contributed by atoms with Gasteiger partial charge in [-0.25, -0.2) is 0 Å². The Morgan fingerprint density at radius 1 is 0.720 bits per heavy atom. The highest BCUT2D eigenvalue weighted by Crippen LogP contribution is 2.29. The van der Waals surface area contributed by atoms with Gasteiger partial charge in [0.05, 0.1) is 6.04 Å². The molecular formula is C22H31N3. The molecule has 1 fully saturated rings. The average molecular weight is 338 g/mol. The minimum Gasteiger partial charge on any atom is -0.330 e. The third-order valence-electron chi connectivity index (χ3n) is 5.18. The van der Waals surface area contributed by atoms with Gasteiger partial charge in [-0.05, 0) is 37.1 Å². The first-order chi connectivity index (χ1) is 12.4. The van der Waals surface area contributed by atoms with E-state index in [1.54, 1.807) is 0 Å². The lowest BCUT2D eigenvalue weighted by atomic mass is 9.96. The molecule has 0 atom stereocenters. The van der Waals surface area contributed by atoms with Crippen molar-refractivity contribution in [2.24, 2.45) is 5.73 Å². The van der Waals surface area contributed by atoms with Crippen molar-refractivity contribution in [3.05, 3.63) is 71.8 Å². The van der Waals surface area contributed by atoms with Gasteiger partial charge in [-0.15, -0.1) is 0 Å². The maximum Gasteiger partial charge on any atom is 0.0602 e. The largest absolute Gasteiger partial charge is 0.330 e. The minimum atomic E-state index is 0.363. The summed E-state index contributed by atoms with van der Waals surface area (Å²) in [4.78, 5) is 5.25. The Labute approximate surface area is 152 Å². The van der Waals surface area contributed by atoms with Crippen LogP contribution < -0.4 is 5.73 Å². The van der Waals surface area contributed by atoms with Crippen LogP contribution in [0.1, 0.15) is 36.4 Å². The Kier molecular flexibility index (Phi) is 7.04. The second kappa shape index (κ2) is 9.71. The van der Waals surface area contributed by atoms with Crippen molar-refractivity contribution in [1.82, 2.24) is 9.80 Å². The molecule has 2 aromatic carbocycles. The zero-order valence-corrected chi connectivity index (χ0v) is 15.2. The molecule has 3 heteroatoms. The summed E-state index contributed by atoms with van der Waals surface area (Å²) in [5, 5.41) is 0. The normalized spacial score (nSPS) is 16.4. The Morgan fingerprint density at radius 2 is 1.28 bits per heavy atom. The van der Waals surface area contributed by atoms with Gasteiger partial charge in [-0.1, -0.05) is 67.1 Å². The number of hydrogen-bond donors (Lipinski definition) is 1. The molecule has 25 heavy (non-hydrogen) atoms. The summed E-state index contributed by atoms with van der Waals surface area (Å²) in [6.45, 7) is 6.63. The molecule has 1 heterocycles. The van der Waals surface area contributed by atoms with Gasteiger partial charge >= 0.3 is 0 Å². The van der Waals surface area contributed by atoms with Gasteiger partial charge in [0.2, 0.25) is 0 Å². The molecule has 0 aliphatic carbocycles. The van der Waals surface area contributed by atoms with Crippen molar-refractivity contribution in [1.29, 1.82) is 0 Å². The zero-order chi connectivity index (χ0) is 17.3. The number of piperazine rings is 1. The molecule has 0 spiro atoms. The molecule has 3 rings (SSSR count). The first-order valence-corrected chi connectivity index (χ1v) is 9.65. The van der Waals surface area contributed by atoms with Crippen LogP contribution in [0, 0.1) is 0 Å². The summed E-state index contributed by atoms with van der Waals surface area (Å²) in [6, 6.07) is 22.2. The number of nitrogens with two attached hydrogens (primary N) is 1. The predicted molar refractivity (Wildman–Crippen MR) is 106 cm³/mol. The average Bonchev–Trinajstić information content (AvgIpc) is 2.68. The van der Waals surface area contributed by atoms with Crippen LogP contribution in [0.25, 0.3) is 0 Å². The number of nitrogens with zero attached hydrogens (tertiary/aromatic N) is 2. The Morgan fingerprint density at radius 3 is 1.80 bits per heavy atom. The van der Waals surface area contributed by atoms with E-state index >= 15 is 0 Å². The first kappa shape index (κ1) is 18.1. The summed E-state index contributed by atoms with van der Waals surface area (Å²) in [5.41, 5.74) is 8.38. The van der Waals surface area contributed by atoms with Gasteiger partial charge in [0.15, 0.2) is 0 Å². The van der Waals surface area contributed by atoms with Crippen LogP contribution in [0.2, 0.25) is 0 Å². The monoisotopic (exact) mass is 337 g/mol. The standard InChI is InChI=1S/C22H31N3/c23-14-8-3-9-15-24-16-18-25(19-17-24)22(20-10-4-1-5-11-20)21-12-6-2-7-13-21/h1-2,4-7,10-13,22H,3,8-9,14-19,23H2. The van der Waals surface area contributed by atoms with E-state index < -0.39 is 0 Å². The maximum absolute atomic E-state index is 5.59. The molecule has 2 N–H and O–H groups in total. The van der Waals surface area contributed by atoms with E-state index in [1.807, 2.05) is 0 Å². The lowest BCUT2D eigenvalue weighted by Crippen LogP contribution is -2.48. The highest BCUT2D eigenvalue weighted by molar-refractivity contribution is 5.31. The number of benzene rings is 2. The fourth-order valence-electron chi connectivity index (χ4n) is 3.79. The van der Waals surface area contributed by atoms with Crippen LogP contribution in [-0.4, -0.2) is 49.1 Å². The van der Waals surface area contributed by atoms with E-state index in [4.69, 9.17) is 5.73 Å². The van der Waals surface area contributed by atoms with E-state index in [9.17, 15) is 0 Å². The molecule has 0 amide bonds. The van der Waals surface area contributed by atoms with Crippen molar-refractivity contribution in [3.63, 3.8) is 0 Å². The van der Waals surface area contributed by atoms with E-state index in [-0.39, 0.29) is 0 Å². The lowest BCUT2D eigenvalue weighted by molar-refractivity contribution is 0.108. The SMILES string of the molecule is NCCCCCN1CCN(C(c2ccccc2)c2ccccc2)CC1. The highest BCUT2D eigenvalue weighted by Gasteiger charge is 2.25. The van der Waals surface area contributed by atoms with Gasteiger partial charge in [-0.2, -0.15) is 0 Å². The van der Waals surface area contributed by atoms with Crippen LogP contribution in [0.5, 0.6) is 0 Å². The second-order valence-corrected chi connectivity index (χ2v) is 6.95. The zero-order valence-electron chi connectivity index (χ0n) is 15.2. The van der Waals surface area contributed by atoms with Crippen LogP contribution in [-0.2, 0) is 0 Å². The third kappa shape index (κ3) is 5.15. The van der Waals surface area contributed by atoms with Crippen LogP contribution in [0.15, 0.2) is 60.7 Å². The van der Waals surface area contributed by atoms with E-state index in [2.05, 4.69) is 70.5 Å². The van der Waals surface area contributed by atoms with Gasteiger partial charge in [0, 0.05) is 26.2 Å². The second-order valence-electron chi connectivity index (χ2n) is 6.95. The smallest absolute Gasteiger partial charge is 0.0602 e. The Balaban J connectivity index is 1.63. The number of unbranched alkanes of at least 4 members (excludes halogenated alkanes) is 2. The Hall–Kier alpha value is -1.68. The molecule has 134 valence electrons. The lowest BCUT2D eigenvalue weighted by Gasteiger charge is -2.39. The summed E-state index contributed by atoms with van der Waals surface area (Å²) in [7, 11) is 0. The molecule has 1 saturated heterocycles. The third-order valence-corrected chi connectivity index (χ3v) is 5.18. The highest BCUT2D eigenvalue weighted by atomic mass is 15.3. The first-order valence-electron chi connectivity index (χ1n) is 9.65. The molecule has 1 aliphatic rings. The van der Waals surface area contributed by atoms with Crippen LogP contribution >= 0.6 is 0 Å². The number of hydrogen-bond acceptors (Lipinski definition) is 3. The van der Waals surface area contributed by atoms with E-state index in [1.165, 1.54) is 43.6 Å². The molecular weight excluding hydrogens is 306 g/mol. The topological polar surface area (TPSA) is 32.5 Å². The molecule has 0 saturated carbocycles. The van der Waals surface area contributed by atoms with Crippen LogP contribution in [0.4, 0.5) is 0 Å². The molecule has 2 aromatic rings. The van der Waals surface area contributed by atoms with Crippen molar-refractivity contribution in [2.75, 3.05) is 39.3 Å². The van der Waals surface area contributed by atoms with Crippen molar-refractivity contribution in [2.45, 2.75) is 25.3 Å². The molecule has 3 nitrogen and oxygen atoms in total. The fraction of sp³-hybridized carbons (Fsp3) is 0.455. The predicted octanol–water partition coefficient (Wildman–Crippen LogP) is 3.52. The van der Waals surface area contributed by atoms with Crippen molar-refractivity contribution in [3.8, 4) is 0 Å². The fourth-order valence-corrected chi connectivity index (χ4v) is 3.79. The molecule has 0 aromatic heterocycles. The van der Waals surface area contributed by atoms with Crippen molar-refractivity contribution >= 4 is 0 Å². The Bertz CT molecular complexity index is 552. The number of rotatable bonds is 8. The summed E-state index contributed by atoms with van der Waals surface area (Å²) in [6.07, 6.45) is 3.69. The van der Waals surface area contributed by atoms with Crippen molar-refractivity contribution < 1.29 is 0 Å². The van der Waals surface area contributed by atoms with Crippen LogP contribution in [0.3, 0.4) is 0 Å². The van der Waals surface area contributed by atoms with Gasteiger partial charge in [0.25, 0.3) is 0 Å². The molecule has 0 unspecified atom stereocenters. The van der Waals surface area contributed by atoms with Gasteiger partial charge in [0.1, 0.15) is 0 Å². The van der Waals surface area contributed by atoms with Gasteiger partial charge < -0.3 is 10.6 Å². The van der Waals surface area contributed by atoms with Gasteiger partial charge in [-0.3, -0.25) is 4.90 Å². The minimum absolute atomic E-state index is 0.363. The summed E-state index contributed by atoms with van der Waals surface area (Å²) >= 11 is 0. The summed E-state index contributed by atoms with van der Waals surface area (Å²) < 4.78 is 0. The molecule has 1 aliphatic heterocycles. The van der Waals surface area contributed by atoms with E-state index in [0.717, 1.165) is 26.1 Å². The molecule has 0 bridgehead atoms.